The zero-order valence-electron chi connectivity index (χ0n) is 15.3. The van der Waals surface area contributed by atoms with Crippen LogP contribution in [0.15, 0.2) is 18.3 Å². The van der Waals surface area contributed by atoms with E-state index in [2.05, 4.69) is 15.6 Å². The van der Waals surface area contributed by atoms with Gasteiger partial charge in [-0.05, 0) is 45.6 Å². The summed E-state index contributed by atoms with van der Waals surface area (Å²) in [5, 5.41) is 5.46. The third-order valence-corrected chi connectivity index (χ3v) is 3.78. The van der Waals surface area contributed by atoms with Gasteiger partial charge in [-0.1, -0.05) is 12.8 Å². The fourth-order valence-corrected chi connectivity index (χ4v) is 2.33. The lowest BCUT2D eigenvalue weighted by Crippen LogP contribution is -2.45. The number of aromatic nitrogens is 1. The van der Waals surface area contributed by atoms with Gasteiger partial charge in [0.25, 0.3) is 0 Å². The largest absolute Gasteiger partial charge is 0.481 e. The minimum Gasteiger partial charge on any atom is -0.481 e. The van der Waals surface area contributed by atoms with Crippen LogP contribution in [-0.4, -0.2) is 35.7 Å². The monoisotopic (exact) mass is 349 g/mol. The highest BCUT2D eigenvalue weighted by molar-refractivity contribution is 5.96. The summed E-state index contributed by atoms with van der Waals surface area (Å²) in [6, 6.07) is 2.73. The number of ether oxygens (including phenoxy) is 2. The van der Waals surface area contributed by atoms with E-state index in [-0.39, 0.29) is 5.91 Å². The number of anilines is 1. The van der Waals surface area contributed by atoms with Gasteiger partial charge >= 0.3 is 6.09 Å². The second kappa shape index (κ2) is 8.18. The van der Waals surface area contributed by atoms with Gasteiger partial charge in [-0.15, -0.1) is 0 Å². The van der Waals surface area contributed by atoms with Crippen molar-refractivity contribution in [2.45, 2.75) is 58.1 Å². The molecule has 1 aromatic rings. The third kappa shape index (κ3) is 6.99. The van der Waals surface area contributed by atoms with E-state index in [0.29, 0.717) is 23.9 Å². The molecule has 1 aliphatic rings. The van der Waals surface area contributed by atoms with Crippen LogP contribution in [0.25, 0.3) is 0 Å². The molecule has 1 fully saturated rings. The quantitative estimate of drug-likeness (QED) is 0.789. The fraction of sp³-hybridized carbons (Fsp3) is 0.611. The average molecular weight is 349 g/mol. The summed E-state index contributed by atoms with van der Waals surface area (Å²) in [6.45, 7) is 5.36. The minimum atomic E-state index is -0.641. The Morgan fingerprint density at radius 3 is 2.56 bits per heavy atom. The summed E-state index contributed by atoms with van der Waals surface area (Å²) in [6.07, 6.45) is 4.82. The van der Waals surface area contributed by atoms with Gasteiger partial charge < -0.3 is 20.1 Å². The smallest absolute Gasteiger partial charge is 0.408 e. The lowest BCUT2D eigenvalue weighted by Gasteiger charge is -2.23. The van der Waals surface area contributed by atoms with Gasteiger partial charge in [-0.3, -0.25) is 4.79 Å². The minimum absolute atomic E-state index is 0.279. The summed E-state index contributed by atoms with van der Waals surface area (Å²) in [5.41, 5.74) is -0.0603. The number of nitrogens with one attached hydrogen (secondary N) is 2. The highest BCUT2D eigenvalue weighted by Gasteiger charge is 2.28. The van der Waals surface area contributed by atoms with Gasteiger partial charge in [-0.2, -0.15) is 0 Å². The van der Waals surface area contributed by atoms with E-state index in [9.17, 15) is 9.59 Å². The van der Waals surface area contributed by atoms with Crippen molar-refractivity contribution in [3.05, 3.63) is 18.3 Å². The molecule has 0 aromatic carbocycles. The summed E-state index contributed by atoms with van der Waals surface area (Å²) < 4.78 is 10.3. The molecule has 7 heteroatoms. The normalized spacial score (nSPS) is 15.2. The molecule has 2 rings (SSSR count). The van der Waals surface area contributed by atoms with Gasteiger partial charge in [0.05, 0.1) is 19.0 Å². The van der Waals surface area contributed by atoms with Crippen molar-refractivity contribution in [1.29, 1.82) is 0 Å². The van der Waals surface area contributed by atoms with Crippen LogP contribution >= 0.6 is 0 Å². The van der Waals surface area contributed by atoms with Crippen molar-refractivity contribution in [1.82, 2.24) is 10.3 Å². The van der Waals surface area contributed by atoms with Crippen LogP contribution in [-0.2, 0) is 9.53 Å². The van der Waals surface area contributed by atoms with Crippen molar-refractivity contribution in [3.8, 4) is 5.88 Å². The third-order valence-electron chi connectivity index (χ3n) is 3.78. The Morgan fingerprint density at radius 2 is 2.04 bits per heavy atom. The zero-order chi connectivity index (χ0) is 18.4. The molecular weight excluding hydrogens is 322 g/mol. The van der Waals surface area contributed by atoms with Crippen molar-refractivity contribution < 1.29 is 19.1 Å². The first kappa shape index (κ1) is 19.0. The zero-order valence-corrected chi connectivity index (χ0v) is 15.3. The van der Waals surface area contributed by atoms with Gasteiger partial charge in [0.2, 0.25) is 11.8 Å². The molecule has 7 nitrogen and oxygen atoms in total. The van der Waals surface area contributed by atoms with Crippen LogP contribution in [0, 0.1) is 5.92 Å². The Bertz CT molecular complexity index is 591. The maximum Gasteiger partial charge on any atom is 0.408 e. The average Bonchev–Trinajstić information content (AvgIpc) is 3.34. The van der Waals surface area contributed by atoms with Crippen LogP contribution in [0.3, 0.4) is 0 Å². The number of hydrogen-bond acceptors (Lipinski definition) is 5. The van der Waals surface area contributed by atoms with Crippen LogP contribution in [0.5, 0.6) is 5.88 Å². The molecule has 0 aliphatic heterocycles. The molecule has 0 bridgehead atoms. The van der Waals surface area contributed by atoms with E-state index in [0.717, 1.165) is 6.42 Å². The summed E-state index contributed by atoms with van der Waals surface area (Å²) in [5.74, 6) is 0.854. The van der Waals surface area contributed by atoms with E-state index >= 15 is 0 Å². The van der Waals surface area contributed by atoms with Crippen LogP contribution in [0.1, 0.15) is 46.5 Å². The maximum absolute atomic E-state index is 12.6. The lowest BCUT2D eigenvalue weighted by molar-refractivity contribution is -0.118. The molecule has 1 saturated carbocycles. The molecule has 0 saturated heterocycles. The van der Waals surface area contributed by atoms with Gasteiger partial charge in [0, 0.05) is 6.07 Å². The highest BCUT2D eigenvalue weighted by atomic mass is 16.6. The molecule has 138 valence electrons. The maximum atomic E-state index is 12.6. The second-order valence-corrected chi connectivity index (χ2v) is 7.30. The topological polar surface area (TPSA) is 89.6 Å². The summed E-state index contributed by atoms with van der Waals surface area (Å²) in [7, 11) is 1.53. The summed E-state index contributed by atoms with van der Waals surface area (Å²) in [4.78, 5) is 28.6. The molecule has 1 unspecified atom stereocenters. The van der Waals surface area contributed by atoms with Crippen molar-refractivity contribution in [2.75, 3.05) is 12.4 Å². The summed E-state index contributed by atoms with van der Waals surface area (Å²) >= 11 is 0. The number of carbonyl (C=O) groups is 2. The number of amides is 2. The molecule has 2 N–H and O–H groups in total. The standard InChI is InChI=1S/C18H27N3O4/c1-18(2,3)25-17(23)21-14(9-7-12-5-6-12)16(22)20-13-8-10-15(24-4)19-11-13/h8,10-12,14H,5-7,9H2,1-4H3,(H,20,22)(H,21,23). The number of pyridine rings is 1. The van der Waals surface area contributed by atoms with Crippen molar-refractivity contribution >= 4 is 17.7 Å². The lowest BCUT2D eigenvalue weighted by atomic mass is 10.1. The van der Waals surface area contributed by atoms with Crippen molar-refractivity contribution in [2.24, 2.45) is 5.92 Å². The molecule has 2 amide bonds. The van der Waals surface area contributed by atoms with E-state index in [1.54, 1.807) is 32.9 Å². The Kier molecular flexibility index (Phi) is 6.22. The van der Waals surface area contributed by atoms with Gasteiger partial charge in [0.15, 0.2) is 0 Å². The number of carbonyl (C=O) groups excluding carboxylic acids is 2. The van der Waals surface area contributed by atoms with E-state index in [1.165, 1.54) is 26.1 Å². The molecule has 0 spiro atoms. The predicted molar refractivity (Wildman–Crippen MR) is 94.5 cm³/mol. The molecule has 25 heavy (non-hydrogen) atoms. The van der Waals surface area contributed by atoms with E-state index in [4.69, 9.17) is 9.47 Å². The van der Waals surface area contributed by atoms with Crippen LogP contribution < -0.4 is 15.4 Å². The SMILES string of the molecule is COc1ccc(NC(=O)C(CCC2CC2)NC(=O)OC(C)(C)C)cn1. The van der Waals surface area contributed by atoms with Crippen LogP contribution in [0.2, 0.25) is 0 Å². The van der Waals surface area contributed by atoms with Gasteiger partial charge in [0.1, 0.15) is 11.6 Å². The number of methoxy groups -OCH3 is 1. The Labute approximate surface area is 148 Å². The Morgan fingerprint density at radius 1 is 1.32 bits per heavy atom. The Balaban J connectivity index is 1.96. The molecule has 1 atom stereocenters. The number of nitrogens with zero attached hydrogens (tertiary/aromatic N) is 1. The number of alkyl carbamates (subject to hydrolysis) is 1. The predicted octanol–water partition coefficient (Wildman–Crippen LogP) is 3.11. The first-order chi connectivity index (χ1) is 11.8. The first-order valence-electron chi connectivity index (χ1n) is 8.57. The van der Waals surface area contributed by atoms with Gasteiger partial charge in [-0.25, -0.2) is 9.78 Å². The molecule has 1 aromatic heterocycles. The molecule has 1 aliphatic carbocycles. The van der Waals surface area contributed by atoms with E-state index < -0.39 is 17.7 Å². The highest BCUT2D eigenvalue weighted by Crippen LogP contribution is 2.34. The number of hydrogen-bond donors (Lipinski definition) is 2. The second-order valence-electron chi connectivity index (χ2n) is 7.30. The fourth-order valence-electron chi connectivity index (χ4n) is 2.33. The van der Waals surface area contributed by atoms with Crippen molar-refractivity contribution in [3.63, 3.8) is 0 Å². The van der Waals surface area contributed by atoms with E-state index in [1.807, 2.05) is 0 Å². The molecule has 0 radical (unpaired) electrons. The van der Waals surface area contributed by atoms with Crippen LogP contribution in [0.4, 0.5) is 10.5 Å². The first-order valence-corrected chi connectivity index (χ1v) is 8.57. The number of rotatable bonds is 7. The molecule has 1 heterocycles. The molecular formula is C18H27N3O4. The Hall–Kier alpha value is -2.31.